The smallest absolute Gasteiger partial charge is 0.363 e. The minimum atomic E-state index is -4.58. The van der Waals surface area contributed by atoms with E-state index in [1.165, 1.54) is 9.58 Å². The van der Waals surface area contributed by atoms with Gasteiger partial charge in [-0.2, -0.15) is 17.9 Å². The third-order valence-electron chi connectivity index (χ3n) is 3.80. The van der Waals surface area contributed by atoms with Crippen LogP contribution in [0.4, 0.5) is 19.0 Å². The number of tetrazole rings is 1. The number of rotatable bonds is 4. The molecule has 2 aromatic heterocycles. The summed E-state index contributed by atoms with van der Waals surface area (Å²) in [6.45, 7) is 3.93. The maximum absolute atomic E-state index is 13.2. The Hall–Kier alpha value is -2.69. The van der Waals surface area contributed by atoms with E-state index < -0.39 is 11.9 Å². The topological polar surface area (TPSA) is 72.6 Å². The molecular formula is C16H16F3N7S. The molecule has 142 valence electrons. The summed E-state index contributed by atoms with van der Waals surface area (Å²) in [5.41, 5.74) is 1.83. The molecule has 3 aromatic rings. The van der Waals surface area contributed by atoms with Crippen LogP contribution >= 0.6 is 11.8 Å². The molecule has 3 rings (SSSR count). The molecule has 0 aliphatic rings. The van der Waals surface area contributed by atoms with E-state index in [0.29, 0.717) is 5.69 Å². The summed E-state index contributed by atoms with van der Waals surface area (Å²) in [5.74, 6) is 0.144. The highest BCUT2D eigenvalue weighted by atomic mass is 32.2. The molecule has 0 unspecified atom stereocenters. The molecule has 0 saturated heterocycles. The first-order valence-electron chi connectivity index (χ1n) is 7.82. The predicted molar refractivity (Wildman–Crippen MR) is 94.1 cm³/mol. The zero-order valence-electron chi connectivity index (χ0n) is 15.0. The summed E-state index contributed by atoms with van der Waals surface area (Å²) in [6.07, 6.45) is -4.58. The van der Waals surface area contributed by atoms with Gasteiger partial charge in [-0.3, -0.25) is 0 Å². The highest BCUT2D eigenvalue weighted by molar-refractivity contribution is 7.99. The predicted octanol–water partition coefficient (Wildman–Crippen LogP) is 3.31. The van der Waals surface area contributed by atoms with E-state index in [-0.39, 0.29) is 16.1 Å². The van der Waals surface area contributed by atoms with Crippen molar-refractivity contribution >= 4 is 17.6 Å². The lowest BCUT2D eigenvalue weighted by Gasteiger charge is -2.15. The van der Waals surface area contributed by atoms with Crippen molar-refractivity contribution in [2.75, 3.05) is 19.0 Å². The van der Waals surface area contributed by atoms with Crippen LogP contribution in [0.3, 0.4) is 0 Å². The number of aryl methyl sites for hydroxylation is 2. The number of anilines is 1. The molecule has 2 heterocycles. The molecule has 7 nitrogen and oxygen atoms in total. The Morgan fingerprint density at radius 1 is 1.04 bits per heavy atom. The lowest BCUT2D eigenvalue weighted by molar-refractivity contribution is -0.141. The van der Waals surface area contributed by atoms with Gasteiger partial charge in [0.05, 0.1) is 5.69 Å². The quantitative estimate of drug-likeness (QED) is 0.628. The van der Waals surface area contributed by atoms with Crippen molar-refractivity contribution in [3.05, 3.63) is 41.1 Å². The lowest BCUT2D eigenvalue weighted by Crippen LogP contribution is -2.16. The Bertz CT molecular complexity index is 969. The van der Waals surface area contributed by atoms with Crippen molar-refractivity contribution < 1.29 is 13.2 Å². The van der Waals surface area contributed by atoms with Crippen LogP contribution in [0, 0.1) is 13.8 Å². The molecule has 0 spiro atoms. The SMILES string of the molecule is Cc1ccc(-n2nnnc2Sc2nc(N(C)C)cc(C(F)(F)F)n2)cc1C. The first-order chi connectivity index (χ1) is 12.6. The number of hydrogen-bond acceptors (Lipinski definition) is 7. The van der Waals surface area contributed by atoms with Crippen LogP contribution in [-0.2, 0) is 6.18 Å². The van der Waals surface area contributed by atoms with Crippen molar-refractivity contribution in [2.24, 2.45) is 0 Å². The number of nitrogens with zero attached hydrogens (tertiary/aromatic N) is 7. The second kappa shape index (κ2) is 7.14. The fourth-order valence-electron chi connectivity index (χ4n) is 2.18. The number of hydrogen-bond donors (Lipinski definition) is 0. The van der Waals surface area contributed by atoms with Crippen LogP contribution < -0.4 is 4.90 Å². The van der Waals surface area contributed by atoms with E-state index in [2.05, 4.69) is 25.5 Å². The number of alkyl halides is 3. The van der Waals surface area contributed by atoms with Gasteiger partial charge in [0.15, 0.2) is 10.9 Å². The van der Waals surface area contributed by atoms with Gasteiger partial charge in [0.2, 0.25) is 5.16 Å². The summed E-state index contributed by atoms with van der Waals surface area (Å²) in [4.78, 5) is 9.26. The summed E-state index contributed by atoms with van der Waals surface area (Å²) < 4.78 is 40.9. The fraction of sp³-hybridized carbons (Fsp3) is 0.312. The fourth-order valence-corrected chi connectivity index (χ4v) is 2.93. The van der Waals surface area contributed by atoms with Crippen molar-refractivity contribution in [1.29, 1.82) is 0 Å². The molecule has 0 bridgehead atoms. The minimum absolute atomic E-state index is 0.0894. The summed E-state index contributed by atoms with van der Waals surface area (Å²) in [5, 5.41) is 11.6. The Morgan fingerprint density at radius 2 is 1.78 bits per heavy atom. The molecule has 27 heavy (non-hydrogen) atoms. The molecular weight excluding hydrogens is 379 g/mol. The molecule has 0 aliphatic carbocycles. The van der Waals surface area contributed by atoms with E-state index in [1.807, 2.05) is 32.0 Å². The standard InChI is InChI=1S/C16H16F3N7S/c1-9-5-6-11(7-10(9)2)26-15(22-23-24-26)27-14-20-12(16(17,18)19)8-13(21-14)25(3)4/h5-8H,1-4H3. The van der Waals surface area contributed by atoms with Gasteiger partial charge in [0.1, 0.15) is 5.82 Å². The van der Waals surface area contributed by atoms with E-state index in [0.717, 1.165) is 29.0 Å². The zero-order valence-corrected chi connectivity index (χ0v) is 15.8. The van der Waals surface area contributed by atoms with Gasteiger partial charge >= 0.3 is 6.18 Å². The van der Waals surface area contributed by atoms with Crippen molar-refractivity contribution in [1.82, 2.24) is 30.2 Å². The Morgan fingerprint density at radius 3 is 2.41 bits per heavy atom. The van der Waals surface area contributed by atoms with Crippen molar-refractivity contribution in [3.8, 4) is 5.69 Å². The molecule has 0 saturated carbocycles. The minimum Gasteiger partial charge on any atom is -0.363 e. The molecule has 11 heteroatoms. The van der Waals surface area contributed by atoms with Crippen molar-refractivity contribution in [2.45, 2.75) is 30.3 Å². The van der Waals surface area contributed by atoms with E-state index in [4.69, 9.17) is 0 Å². The molecule has 0 radical (unpaired) electrons. The molecule has 0 atom stereocenters. The molecule has 0 N–H and O–H groups in total. The van der Waals surface area contributed by atoms with Crippen LogP contribution in [0.25, 0.3) is 5.69 Å². The van der Waals surface area contributed by atoms with Gasteiger partial charge in [-0.05, 0) is 59.3 Å². The molecule has 0 amide bonds. The number of halogens is 3. The molecule has 0 aliphatic heterocycles. The van der Waals surface area contributed by atoms with Crippen LogP contribution in [0.15, 0.2) is 34.6 Å². The molecule has 0 fully saturated rings. The zero-order chi connectivity index (χ0) is 19.8. The maximum Gasteiger partial charge on any atom is 0.433 e. The monoisotopic (exact) mass is 395 g/mol. The summed E-state index contributed by atoms with van der Waals surface area (Å²) >= 11 is 0.866. The van der Waals surface area contributed by atoms with Crippen molar-refractivity contribution in [3.63, 3.8) is 0 Å². The largest absolute Gasteiger partial charge is 0.433 e. The van der Waals surface area contributed by atoms with E-state index in [9.17, 15) is 13.2 Å². The normalized spacial score (nSPS) is 11.7. The number of benzene rings is 1. The molecule has 1 aromatic carbocycles. The highest BCUT2D eigenvalue weighted by Gasteiger charge is 2.34. The lowest BCUT2D eigenvalue weighted by atomic mass is 10.1. The van der Waals surface area contributed by atoms with Gasteiger partial charge in [-0.25, -0.2) is 9.97 Å². The second-order valence-corrected chi connectivity index (χ2v) is 6.96. The van der Waals surface area contributed by atoms with Gasteiger partial charge in [-0.1, -0.05) is 6.07 Å². The highest BCUT2D eigenvalue weighted by Crippen LogP contribution is 2.33. The van der Waals surface area contributed by atoms with Crippen LogP contribution in [-0.4, -0.2) is 44.3 Å². The third kappa shape index (κ3) is 4.18. The van der Waals surface area contributed by atoms with Crippen LogP contribution in [0.2, 0.25) is 0 Å². The van der Waals surface area contributed by atoms with Crippen LogP contribution in [0.5, 0.6) is 0 Å². The Kier molecular flexibility index (Phi) is 5.05. The van der Waals surface area contributed by atoms with Gasteiger partial charge in [0.25, 0.3) is 0 Å². The Labute approximate surface area is 157 Å². The van der Waals surface area contributed by atoms with Gasteiger partial charge in [0, 0.05) is 20.2 Å². The van der Waals surface area contributed by atoms with E-state index in [1.54, 1.807) is 14.1 Å². The van der Waals surface area contributed by atoms with Crippen LogP contribution in [0.1, 0.15) is 16.8 Å². The first kappa shape index (κ1) is 19.1. The average Bonchev–Trinajstić information content (AvgIpc) is 3.04. The maximum atomic E-state index is 13.2. The average molecular weight is 395 g/mol. The van der Waals surface area contributed by atoms with E-state index >= 15 is 0 Å². The third-order valence-corrected chi connectivity index (χ3v) is 4.60. The Balaban J connectivity index is 2.00. The summed E-state index contributed by atoms with van der Waals surface area (Å²) in [7, 11) is 3.21. The summed E-state index contributed by atoms with van der Waals surface area (Å²) in [6, 6.07) is 6.55. The number of aromatic nitrogens is 6. The van der Waals surface area contributed by atoms with Gasteiger partial charge in [-0.15, -0.1) is 5.10 Å². The first-order valence-corrected chi connectivity index (χ1v) is 8.64. The second-order valence-electron chi connectivity index (χ2n) is 6.03. The van der Waals surface area contributed by atoms with Gasteiger partial charge < -0.3 is 4.90 Å².